The van der Waals surface area contributed by atoms with Gasteiger partial charge >= 0.3 is 5.97 Å². The van der Waals surface area contributed by atoms with E-state index in [2.05, 4.69) is 28.9 Å². The van der Waals surface area contributed by atoms with Crippen LogP contribution in [0.15, 0.2) is 41.5 Å². The number of hydrazone groups is 1. The van der Waals surface area contributed by atoms with Crippen LogP contribution in [0.4, 0.5) is 5.69 Å². The first-order valence-electron chi connectivity index (χ1n) is 12.2. The molecule has 2 aromatic carbocycles. The minimum absolute atomic E-state index is 0.147. The highest BCUT2D eigenvalue weighted by molar-refractivity contribution is 7.80. The fraction of sp³-hybridized carbons (Fsp3) is 0.444. The summed E-state index contributed by atoms with van der Waals surface area (Å²) in [5, 5.41) is 8.39. The molecule has 2 aromatic rings. The molecule has 0 unspecified atom stereocenters. The SMILES string of the molecule is CCOC(=O)COc1ccc2c(c1)/C(=N/NC(=S)Nc1cc(C)ccc1C)CC1(CCCCC1)O2. The molecule has 0 amide bonds. The number of thiocarbonyl (C=S) groups is 1. The van der Waals surface area contributed by atoms with Crippen LogP contribution in [0.2, 0.25) is 0 Å². The maximum Gasteiger partial charge on any atom is 0.344 e. The van der Waals surface area contributed by atoms with E-state index in [4.69, 9.17) is 31.5 Å². The van der Waals surface area contributed by atoms with Crippen molar-refractivity contribution in [3.63, 3.8) is 0 Å². The van der Waals surface area contributed by atoms with Crippen LogP contribution in [-0.2, 0) is 9.53 Å². The van der Waals surface area contributed by atoms with Crippen LogP contribution in [0.5, 0.6) is 11.5 Å². The molecule has 1 saturated carbocycles. The highest BCUT2D eigenvalue weighted by Crippen LogP contribution is 2.43. The second-order valence-electron chi connectivity index (χ2n) is 9.22. The second kappa shape index (κ2) is 11.1. The number of ether oxygens (including phenoxy) is 3. The number of anilines is 1. The average molecular weight is 496 g/mol. The van der Waals surface area contributed by atoms with Crippen LogP contribution in [0.1, 0.15) is 62.1 Å². The Kier molecular flexibility index (Phi) is 7.90. The zero-order chi connectivity index (χ0) is 24.8. The molecule has 0 radical (unpaired) electrons. The summed E-state index contributed by atoms with van der Waals surface area (Å²) in [6.07, 6.45) is 6.19. The first-order chi connectivity index (χ1) is 16.9. The standard InChI is InChI=1S/C27H33N3O4S/c1-4-32-25(31)17-33-20-10-11-24-21(15-20)23(16-27(34-24)12-6-5-7-13-27)29-30-26(35)28-22-14-18(2)8-9-19(22)3/h8-11,14-15H,4-7,12-13,16-17H2,1-3H3,(H2,28,30,35)/b29-23+. The first kappa shape index (κ1) is 25.0. The third-order valence-corrected chi connectivity index (χ3v) is 6.63. The van der Waals surface area contributed by atoms with Crippen LogP contribution in [0.3, 0.4) is 0 Å². The fourth-order valence-electron chi connectivity index (χ4n) is 4.64. The van der Waals surface area contributed by atoms with Gasteiger partial charge in [-0.25, -0.2) is 4.79 Å². The second-order valence-corrected chi connectivity index (χ2v) is 9.63. The lowest BCUT2D eigenvalue weighted by Crippen LogP contribution is -2.44. The Morgan fingerprint density at radius 2 is 1.94 bits per heavy atom. The Balaban J connectivity index is 1.55. The number of carbonyl (C=O) groups excluding carboxylic acids is 1. The molecular weight excluding hydrogens is 462 g/mol. The number of nitrogens with one attached hydrogen (secondary N) is 2. The molecule has 0 atom stereocenters. The maximum atomic E-state index is 11.7. The molecule has 2 aliphatic rings. The van der Waals surface area contributed by atoms with Crippen molar-refractivity contribution in [3.8, 4) is 11.5 Å². The van der Waals surface area contributed by atoms with Gasteiger partial charge in [-0.15, -0.1) is 0 Å². The topological polar surface area (TPSA) is 81.2 Å². The molecule has 1 spiro atoms. The van der Waals surface area contributed by atoms with Gasteiger partial charge in [-0.2, -0.15) is 5.10 Å². The lowest BCUT2D eigenvalue weighted by Gasteiger charge is -2.41. The molecule has 0 bridgehead atoms. The van der Waals surface area contributed by atoms with Crippen LogP contribution in [0.25, 0.3) is 0 Å². The fourth-order valence-corrected chi connectivity index (χ4v) is 4.80. The molecule has 0 saturated heterocycles. The van der Waals surface area contributed by atoms with E-state index in [0.29, 0.717) is 23.9 Å². The monoisotopic (exact) mass is 495 g/mol. The minimum Gasteiger partial charge on any atom is -0.486 e. The quantitative estimate of drug-likeness (QED) is 0.315. The van der Waals surface area contributed by atoms with Gasteiger partial charge in [0.15, 0.2) is 11.7 Å². The van der Waals surface area contributed by atoms with E-state index in [-0.39, 0.29) is 12.2 Å². The summed E-state index contributed by atoms with van der Waals surface area (Å²) in [7, 11) is 0. The number of carbonyl (C=O) groups is 1. The minimum atomic E-state index is -0.402. The number of nitrogens with zero attached hydrogens (tertiary/aromatic N) is 1. The molecule has 7 nitrogen and oxygen atoms in total. The van der Waals surface area contributed by atoms with Crippen molar-refractivity contribution in [1.82, 2.24) is 5.43 Å². The Morgan fingerprint density at radius 3 is 2.71 bits per heavy atom. The zero-order valence-corrected chi connectivity index (χ0v) is 21.4. The van der Waals surface area contributed by atoms with Crippen molar-refractivity contribution in [2.75, 3.05) is 18.5 Å². The Labute approximate surface area is 212 Å². The van der Waals surface area contributed by atoms with Gasteiger partial charge in [-0.05, 0) is 94.1 Å². The normalized spacial score (nSPS) is 17.3. The van der Waals surface area contributed by atoms with Gasteiger partial charge in [-0.1, -0.05) is 18.6 Å². The summed E-state index contributed by atoms with van der Waals surface area (Å²) < 4.78 is 17.2. The molecule has 1 aliphatic heterocycles. The maximum absolute atomic E-state index is 11.7. The van der Waals surface area contributed by atoms with Crippen molar-refractivity contribution in [3.05, 3.63) is 53.1 Å². The van der Waals surface area contributed by atoms with Crippen LogP contribution < -0.4 is 20.2 Å². The predicted octanol–water partition coefficient (Wildman–Crippen LogP) is 5.42. The molecule has 1 fully saturated rings. The number of fused-ring (bicyclic) bond motifs is 1. The smallest absolute Gasteiger partial charge is 0.344 e. The van der Waals surface area contributed by atoms with Gasteiger partial charge < -0.3 is 19.5 Å². The highest BCUT2D eigenvalue weighted by Gasteiger charge is 2.40. The van der Waals surface area contributed by atoms with Crippen molar-refractivity contribution < 1.29 is 19.0 Å². The molecular formula is C27H33N3O4S. The number of esters is 1. The van der Waals surface area contributed by atoms with Crippen molar-refractivity contribution in [2.45, 2.75) is 64.9 Å². The van der Waals surface area contributed by atoms with Crippen LogP contribution in [-0.4, -0.2) is 35.6 Å². The molecule has 186 valence electrons. The van der Waals surface area contributed by atoms with Crippen molar-refractivity contribution >= 4 is 34.7 Å². The molecule has 2 N–H and O–H groups in total. The molecule has 1 heterocycles. The van der Waals surface area contributed by atoms with E-state index >= 15 is 0 Å². The number of hydrogen-bond acceptors (Lipinski definition) is 6. The van der Waals surface area contributed by atoms with Gasteiger partial charge in [0.25, 0.3) is 0 Å². The largest absolute Gasteiger partial charge is 0.486 e. The van der Waals surface area contributed by atoms with Crippen LogP contribution in [0, 0.1) is 13.8 Å². The van der Waals surface area contributed by atoms with Crippen molar-refractivity contribution in [2.24, 2.45) is 5.10 Å². The number of benzene rings is 2. The third-order valence-electron chi connectivity index (χ3n) is 6.44. The van der Waals surface area contributed by atoms with Gasteiger partial charge in [0.2, 0.25) is 0 Å². The summed E-state index contributed by atoms with van der Waals surface area (Å²) in [5.74, 6) is 0.931. The van der Waals surface area contributed by atoms with E-state index in [1.807, 2.05) is 32.0 Å². The Morgan fingerprint density at radius 1 is 1.14 bits per heavy atom. The lowest BCUT2D eigenvalue weighted by molar-refractivity contribution is -0.145. The zero-order valence-electron chi connectivity index (χ0n) is 20.6. The average Bonchev–Trinajstić information content (AvgIpc) is 2.84. The number of aryl methyl sites for hydroxylation is 2. The van der Waals surface area contributed by atoms with Gasteiger partial charge in [0, 0.05) is 17.7 Å². The van der Waals surface area contributed by atoms with E-state index < -0.39 is 5.97 Å². The molecule has 8 heteroatoms. The molecule has 4 rings (SSSR count). The van der Waals surface area contributed by atoms with Crippen molar-refractivity contribution in [1.29, 1.82) is 0 Å². The van der Waals surface area contributed by atoms with E-state index in [1.165, 1.54) is 6.42 Å². The summed E-state index contributed by atoms with van der Waals surface area (Å²) in [5.41, 5.74) is 7.69. The first-order valence-corrected chi connectivity index (χ1v) is 12.6. The predicted molar refractivity (Wildman–Crippen MR) is 141 cm³/mol. The Hall–Kier alpha value is -3.13. The lowest BCUT2D eigenvalue weighted by atomic mass is 9.78. The summed E-state index contributed by atoms with van der Waals surface area (Å²) >= 11 is 5.54. The summed E-state index contributed by atoms with van der Waals surface area (Å²) in [6.45, 7) is 6.03. The molecule has 1 aliphatic carbocycles. The summed E-state index contributed by atoms with van der Waals surface area (Å²) in [4.78, 5) is 11.7. The highest BCUT2D eigenvalue weighted by atomic mass is 32.1. The Bertz CT molecular complexity index is 1130. The van der Waals surface area contributed by atoms with E-state index in [1.54, 1.807) is 6.92 Å². The van der Waals surface area contributed by atoms with E-state index in [0.717, 1.165) is 59.5 Å². The van der Waals surface area contributed by atoms with Gasteiger partial charge in [0.05, 0.1) is 12.3 Å². The molecule has 0 aromatic heterocycles. The molecule has 35 heavy (non-hydrogen) atoms. The van der Waals surface area contributed by atoms with Gasteiger partial charge in [0.1, 0.15) is 17.1 Å². The van der Waals surface area contributed by atoms with Crippen LogP contribution >= 0.6 is 12.2 Å². The number of rotatable bonds is 6. The summed E-state index contributed by atoms with van der Waals surface area (Å²) in [6, 6.07) is 11.8. The van der Waals surface area contributed by atoms with E-state index in [9.17, 15) is 4.79 Å². The number of hydrogen-bond donors (Lipinski definition) is 2. The van der Waals surface area contributed by atoms with Gasteiger partial charge in [-0.3, -0.25) is 5.43 Å². The third kappa shape index (κ3) is 6.31.